The van der Waals surface area contributed by atoms with Crippen molar-refractivity contribution in [2.75, 3.05) is 0 Å². The zero-order valence-electron chi connectivity index (χ0n) is 16.6. The van der Waals surface area contributed by atoms with Crippen LogP contribution in [-0.4, -0.2) is 27.8 Å². The van der Waals surface area contributed by atoms with E-state index >= 15 is 0 Å². The summed E-state index contributed by atoms with van der Waals surface area (Å²) < 4.78 is 0. The van der Waals surface area contributed by atoms with Crippen LogP contribution in [0.3, 0.4) is 0 Å². The first-order chi connectivity index (χ1) is 11.8. The summed E-state index contributed by atoms with van der Waals surface area (Å²) in [7, 11) is 0. The second-order valence-corrected chi connectivity index (χ2v) is 8.88. The van der Waals surface area contributed by atoms with Crippen molar-refractivity contribution in [2.24, 2.45) is 17.3 Å². The lowest BCUT2D eigenvalue weighted by Crippen LogP contribution is -2.28. The lowest BCUT2D eigenvalue weighted by atomic mass is 9.80. The Morgan fingerprint density at radius 1 is 1.16 bits per heavy atom. The van der Waals surface area contributed by atoms with Gasteiger partial charge in [-0.25, -0.2) is 0 Å². The molecule has 0 saturated heterocycles. The van der Waals surface area contributed by atoms with Gasteiger partial charge in [-0.3, -0.25) is 0 Å². The number of rotatable bonds is 11. The van der Waals surface area contributed by atoms with E-state index in [0.29, 0.717) is 6.42 Å². The summed E-state index contributed by atoms with van der Waals surface area (Å²) >= 11 is 6.50. The van der Waals surface area contributed by atoms with Crippen LogP contribution < -0.4 is 0 Å². The summed E-state index contributed by atoms with van der Waals surface area (Å²) in [6.07, 6.45) is 15.8. The van der Waals surface area contributed by atoms with Gasteiger partial charge in [0.2, 0.25) is 0 Å². The van der Waals surface area contributed by atoms with E-state index in [-0.39, 0.29) is 22.6 Å². The molecule has 0 spiro atoms. The van der Waals surface area contributed by atoms with Crippen LogP contribution in [0.15, 0.2) is 24.3 Å². The normalized spacial score (nSPS) is 29.1. The monoisotopic (exact) mass is 370 g/mol. The summed E-state index contributed by atoms with van der Waals surface area (Å²) in [5.74, 6) is 0.337. The molecule has 1 aliphatic rings. The summed E-state index contributed by atoms with van der Waals surface area (Å²) in [5.41, 5.74) is -0.130. The summed E-state index contributed by atoms with van der Waals surface area (Å²) in [6.45, 7) is 8.58. The number of hydrogen-bond donors (Lipinski definition) is 2. The number of alkyl halides is 1. The number of aliphatic hydroxyl groups is 2. The van der Waals surface area contributed by atoms with E-state index in [1.54, 1.807) is 0 Å². The third kappa shape index (κ3) is 7.45. The van der Waals surface area contributed by atoms with Crippen molar-refractivity contribution in [3.8, 4) is 0 Å². The lowest BCUT2D eigenvalue weighted by molar-refractivity contribution is 0.0797. The zero-order valence-corrected chi connectivity index (χ0v) is 17.4. The maximum absolute atomic E-state index is 10.6. The van der Waals surface area contributed by atoms with E-state index < -0.39 is 12.2 Å². The molecule has 146 valence electrons. The van der Waals surface area contributed by atoms with E-state index in [0.717, 1.165) is 38.5 Å². The Bertz CT molecular complexity index is 416. The molecule has 2 nitrogen and oxygen atoms in total. The first kappa shape index (κ1) is 22.7. The standard InChI is InChI=1S/C22H39ClO2/c1-5-7-9-10-11-12-17-18(20(24)16-19(17)23)13-14-21(25)22(3,4)15-8-6-2/h9-10,13-14,17-21,24-25H,5-8,11-12,15-16H2,1-4H3/t17-,18-,19-,20-,21-/m1/s1. The fourth-order valence-corrected chi connectivity index (χ4v) is 4.18. The molecule has 5 atom stereocenters. The van der Waals surface area contributed by atoms with Crippen molar-refractivity contribution in [3.63, 3.8) is 0 Å². The maximum Gasteiger partial charge on any atom is 0.0771 e. The molecule has 0 aromatic rings. The highest BCUT2D eigenvalue weighted by Gasteiger charge is 2.39. The van der Waals surface area contributed by atoms with Gasteiger partial charge >= 0.3 is 0 Å². The van der Waals surface area contributed by atoms with Gasteiger partial charge in [-0.15, -0.1) is 11.6 Å². The van der Waals surface area contributed by atoms with Gasteiger partial charge in [0, 0.05) is 11.3 Å². The second-order valence-electron chi connectivity index (χ2n) is 8.32. The van der Waals surface area contributed by atoms with Crippen molar-refractivity contribution in [1.29, 1.82) is 0 Å². The van der Waals surface area contributed by atoms with Gasteiger partial charge in [0.1, 0.15) is 0 Å². The molecule has 0 unspecified atom stereocenters. The van der Waals surface area contributed by atoms with Crippen molar-refractivity contribution in [2.45, 2.75) is 96.6 Å². The predicted octanol–water partition coefficient (Wildman–Crippen LogP) is 5.86. The van der Waals surface area contributed by atoms with E-state index in [4.69, 9.17) is 11.6 Å². The average molecular weight is 371 g/mol. The van der Waals surface area contributed by atoms with E-state index in [1.165, 1.54) is 6.42 Å². The highest BCUT2D eigenvalue weighted by atomic mass is 35.5. The van der Waals surface area contributed by atoms with Crippen LogP contribution in [0.5, 0.6) is 0 Å². The van der Waals surface area contributed by atoms with Crippen LogP contribution >= 0.6 is 11.6 Å². The van der Waals surface area contributed by atoms with Crippen LogP contribution in [0.1, 0.15) is 79.1 Å². The quantitative estimate of drug-likeness (QED) is 0.353. The van der Waals surface area contributed by atoms with Gasteiger partial charge in [-0.1, -0.05) is 71.3 Å². The molecule has 1 saturated carbocycles. The Hall–Kier alpha value is -0.310. The Balaban J connectivity index is 2.65. The molecule has 0 amide bonds. The van der Waals surface area contributed by atoms with Crippen LogP contribution in [0, 0.1) is 17.3 Å². The zero-order chi connectivity index (χ0) is 18.9. The second kappa shape index (κ2) is 11.4. The van der Waals surface area contributed by atoms with Gasteiger partial charge in [0.05, 0.1) is 12.2 Å². The minimum atomic E-state index is -0.481. The van der Waals surface area contributed by atoms with Crippen molar-refractivity contribution in [1.82, 2.24) is 0 Å². The number of aliphatic hydroxyl groups excluding tert-OH is 2. The van der Waals surface area contributed by atoms with Crippen molar-refractivity contribution >= 4 is 11.6 Å². The fourth-order valence-electron chi connectivity index (χ4n) is 3.70. The molecule has 2 N–H and O–H groups in total. The van der Waals surface area contributed by atoms with Crippen molar-refractivity contribution in [3.05, 3.63) is 24.3 Å². The van der Waals surface area contributed by atoms with Gasteiger partial charge in [0.25, 0.3) is 0 Å². The summed E-state index contributed by atoms with van der Waals surface area (Å²) in [6, 6.07) is 0. The molecule has 0 aliphatic heterocycles. The van der Waals surface area contributed by atoms with Crippen LogP contribution in [0.2, 0.25) is 0 Å². The Morgan fingerprint density at radius 3 is 2.48 bits per heavy atom. The van der Waals surface area contributed by atoms with E-state index in [2.05, 4.69) is 39.8 Å². The van der Waals surface area contributed by atoms with Crippen LogP contribution in [-0.2, 0) is 0 Å². The highest BCUT2D eigenvalue weighted by molar-refractivity contribution is 6.21. The first-order valence-electron chi connectivity index (χ1n) is 10.2. The van der Waals surface area contributed by atoms with Gasteiger partial charge < -0.3 is 10.2 Å². The van der Waals surface area contributed by atoms with E-state index in [1.807, 2.05) is 12.2 Å². The molecule has 25 heavy (non-hydrogen) atoms. The smallest absolute Gasteiger partial charge is 0.0771 e. The Morgan fingerprint density at radius 2 is 1.84 bits per heavy atom. The molecule has 1 aliphatic carbocycles. The SMILES string of the molecule is CCCC=CCC[C@@H]1[C@@H](C=C[C@@H](O)C(C)(C)CCCC)[C@H](O)C[C@H]1Cl. The molecule has 1 rings (SSSR count). The van der Waals surface area contributed by atoms with Crippen LogP contribution in [0.4, 0.5) is 0 Å². The summed E-state index contributed by atoms with van der Waals surface area (Å²) in [4.78, 5) is 0. The molecule has 0 heterocycles. The molecule has 3 heteroatoms. The minimum Gasteiger partial charge on any atom is -0.392 e. The molecule has 0 bridgehead atoms. The summed E-state index contributed by atoms with van der Waals surface area (Å²) in [5, 5.41) is 21.0. The lowest BCUT2D eigenvalue weighted by Gasteiger charge is -2.29. The molecule has 1 fully saturated rings. The van der Waals surface area contributed by atoms with Gasteiger partial charge in [-0.2, -0.15) is 0 Å². The fraction of sp³-hybridized carbons (Fsp3) is 0.818. The topological polar surface area (TPSA) is 40.5 Å². The third-order valence-corrected chi connectivity index (χ3v) is 6.15. The predicted molar refractivity (Wildman–Crippen MR) is 109 cm³/mol. The number of unbranched alkanes of at least 4 members (excludes halogenated alkanes) is 2. The maximum atomic E-state index is 10.6. The number of allylic oxidation sites excluding steroid dienone is 2. The van der Waals surface area contributed by atoms with Crippen molar-refractivity contribution < 1.29 is 10.2 Å². The average Bonchev–Trinajstić information content (AvgIpc) is 2.83. The molecular formula is C22H39ClO2. The largest absolute Gasteiger partial charge is 0.392 e. The van der Waals surface area contributed by atoms with Crippen LogP contribution in [0.25, 0.3) is 0 Å². The first-order valence-corrected chi connectivity index (χ1v) is 10.6. The minimum absolute atomic E-state index is 0.0227. The molecule has 0 aromatic carbocycles. The van der Waals surface area contributed by atoms with Gasteiger partial charge in [-0.05, 0) is 43.4 Å². The molecular weight excluding hydrogens is 332 g/mol. The van der Waals surface area contributed by atoms with E-state index in [9.17, 15) is 10.2 Å². The number of hydrogen-bond acceptors (Lipinski definition) is 2. The Labute approximate surface area is 160 Å². The molecule has 0 aromatic heterocycles. The third-order valence-electron chi connectivity index (χ3n) is 5.65. The van der Waals surface area contributed by atoms with Gasteiger partial charge in [0.15, 0.2) is 0 Å². The number of halogens is 1. The molecule has 0 radical (unpaired) electrons. The highest BCUT2D eigenvalue weighted by Crippen LogP contribution is 2.40. The Kier molecular flexibility index (Phi) is 10.4.